The summed E-state index contributed by atoms with van der Waals surface area (Å²) >= 11 is 0. The number of benzene rings is 1. The Bertz CT molecular complexity index is 891. The summed E-state index contributed by atoms with van der Waals surface area (Å²) in [6, 6.07) is 4.87. The summed E-state index contributed by atoms with van der Waals surface area (Å²) in [6.45, 7) is 0.899. The van der Waals surface area contributed by atoms with Crippen molar-refractivity contribution in [2.75, 3.05) is 31.6 Å². The van der Waals surface area contributed by atoms with Gasteiger partial charge in [-0.3, -0.25) is 4.79 Å². The van der Waals surface area contributed by atoms with E-state index >= 15 is 0 Å². The van der Waals surface area contributed by atoms with Crippen molar-refractivity contribution in [1.29, 1.82) is 0 Å². The highest BCUT2D eigenvalue weighted by atomic mass is 32.2. The van der Waals surface area contributed by atoms with Crippen molar-refractivity contribution >= 4 is 21.6 Å². The van der Waals surface area contributed by atoms with Crippen LogP contribution >= 0.6 is 0 Å². The van der Waals surface area contributed by atoms with Crippen molar-refractivity contribution in [2.24, 2.45) is 0 Å². The molecule has 2 heterocycles. The SMILES string of the molecule is O=C(Nc1cc(F)ccc1F)c1ccc(S(=O)(=O)N2CCOCC2)o1. The first-order valence-electron chi connectivity index (χ1n) is 7.32. The van der Waals surface area contributed by atoms with E-state index in [-0.39, 0.29) is 37.8 Å². The number of hydrogen-bond acceptors (Lipinski definition) is 5. The number of nitrogens with one attached hydrogen (secondary N) is 1. The molecule has 1 aliphatic heterocycles. The van der Waals surface area contributed by atoms with Crippen LogP contribution in [0.15, 0.2) is 39.8 Å². The van der Waals surface area contributed by atoms with Gasteiger partial charge in [0.05, 0.1) is 18.9 Å². The number of carbonyl (C=O) groups is 1. The van der Waals surface area contributed by atoms with E-state index in [0.29, 0.717) is 0 Å². The summed E-state index contributed by atoms with van der Waals surface area (Å²) in [7, 11) is -3.89. The summed E-state index contributed by atoms with van der Waals surface area (Å²) in [5, 5.41) is 1.73. The molecule has 0 unspecified atom stereocenters. The second kappa shape index (κ2) is 6.90. The molecule has 0 bridgehead atoms. The number of hydrogen-bond donors (Lipinski definition) is 1. The number of rotatable bonds is 4. The van der Waals surface area contributed by atoms with Gasteiger partial charge in [0, 0.05) is 19.2 Å². The van der Waals surface area contributed by atoms with Crippen LogP contribution in [0.4, 0.5) is 14.5 Å². The fourth-order valence-corrected chi connectivity index (χ4v) is 3.59. The number of nitrogens with zero attached hydrogens (tertiary/aromatic N) is 1. The second-order valence-corrected chi connectivity index (χ2v) is 7.08. The Morgan fingerprint density at radius 1 is 1.12 bits per heavy atom. The summed E-state index contributed by atoms with van der Waals surface area (Å²) in [4.78, 5) is 12.1. The summed E-state index contributed by atoms with van der Waals surface area (Å²) in [5.41, 5.74) is -0.376. The Hall–Kier alpha value is -2.30. The van der Waals surface area contributed by atoms with Crippen LogP contribution in [0, 0.1) is 11.6 Å². The lowest BCUT2D eigenvalue weighted by atomic mass is 10.3. The molecule has 0 spiro atoms. The van der Waals surface area contributed by atoms with Crippen molar-refractivity contribution in [3.8, 4) is 0 Å². The summed E-state index contributed by atoms with van der Waals surface area (Å²) in [5.74, 6) is -2.79. The standard InChI is InChI=1S/C15H14F2N2O5S/c16-10-1-2-11(17)12(9-10)18-15(20)13-3-4-14(24-13)25(21,22)19-5-7-23-8-6-19/h1-4,9H,5-8H2,(H,18,20). The van der Waals surface area contributed by atoms with Gasteiger partial charge < -0.3 is 14.5 Å². The molecule has 134 valence electrons. The molecule has 25 heavy (non-hydrogen) atoms. The largest absolute Gasteiger partial charge is 0.438 e. The van der Waals surface area contributed by atoms with Crippen molar-refractivity contribution in [3.63, 3.8) is 0 Å². The Morgan fingerprint density at radius 2 is 1.84 bits per heavy atom. The number of furan rings is 1. The molecular formula is C15H14F2N2O5S. The minimum Gasteiger partial charge on any atom is -0.438 e. The lowest BCUT2D eigenvalue weighted by molar-refractivity contribution is 0.0723. The number of carbonyl (C=O) groups excluding carboxylic acids is 1. The summed E-state index contributed by atoms with van der Waals surface area (Å²) < 4.78 is 62.9. The highest BCUT2D eigenvalue weighted by Gasteiger charge is 2.30. The Morgan fingerprint density at radius 3 is 2.56 bits per heavy atom. The monoisotopic (exact) mass is 372 g/mol. The third-order valence-electron chi connectivity index (χ3n) is 3.55. The predicted octanol–water partition coefficient (Wildman–Crippen LogP) is 1.83. The molecule has 0 aliphatic carbocycles. The molecule has 1 N–H and O–H groups in total. The zero-order valence-electron chi connectivity index (χ0n) is 12.9. The van der Waals surface area contributed by atoms with Crippen LogP contribution in [0.5, 0.6) is 0 Å². The Labute approximate surface area is 142 Å². The molecule has 3 rings (SSSR count). The van der Waals surface area contributed by atoms with Crippen LogP contribution in [-0.2, 0) is 14.8 Å². The number of morpholine rings is 1. The van der Waals surface area contributed by atoms with E-state index in [0.717, 1.165) is 30.3 Å². The Balaban J connectivity index is 1.78. The molecule has 1 aromatic carbocycles. The van der Waals surface area contributed by atoms with Gasteiger partial charge in [0.15, 0.2) is 5.76 Å². The Kier molecular flexibility index (Phi) is 4.84. The average Bonchev–Trinajstić information content (AvgIpc) is 3.10. The molecule has 1 aromatic heterocycles. The zero-order chi connectivity index (χ0) is 18.0. The molecule has 1 saturated heterocycles. The molecule has 7 nitrogen and oxygen atoms in total. The quantitative estimate of drug-likeness (QED) is 0.885. The first-order valence-corrected chi connectivity index (χ1v) is 8.76. The van der Waals surface area contributed by atoms with Crippen LogP contribution in [0.3, 0.4) is 0 Å². The lowest BCUT2D eigenvalue weighted by Crippen LogP contribution is -2.40. The van der Waals surface area contributed by atoms with E-state index in [1.807, 2.05) is 0 Å². The van der Waals surface area contributed by atoms with Crippen LogP contribution < -0.4 is 5.32 Å². The average molecular weight is 372 g/mol. The lowest BCUT2D eigenvalue weighted by Gasteiger charge is -2.24. The number of anilines is 1. The number of amides is 1. The van der Waals surface area contributed by atoms with E-state index in [9.17, 15) is 22.0 Å². The van der Waals surface area contributed by atoms with Gasteiger partial charge in [0.1, 0.15) is 11.6 Å². The topological polar surface area (TPSA) is 88.9 Å². The van der Waals surface area contributed by atoms with E-state index in [1.54, 1.807) is 0 Å². The van der Waals surface area contributed by atoms with Gasteiger partial charge >= 0.3 is 0 Å². The molecule has 2 aromatic rings. The van der Waals surface area contributed by atoms with E-state index < -0.39 is 32.7 Å². The third kappa shape index (κ3) is 3.70. The van der Waals surface area contributed by atoms with Gasteiger partial charge in [0.2, 0.25) is 5.09 Å². The molecule has 1 aliphatic rings. The molecule has 1 fully saturated rings. The van der Waals surface area contributed by atoms with Gasteiger partial charge in [-0.05, 0) is 24.3 Å². The van der Waals surface area contributed by atoms with E-state index in [1.165, 1.54) is 4.31 Å². The molecule has 0 radical (unpaired) electrons. The maximum absolute atomic E-state index is 13.6. The number of ether oxygens (including phenoxy) is 1. The fraction of sp³-hybridized carbons (Fsp3) is 0.267. The maximum Gasteiger partial charge on any atom is 0.291 e. The van der Waals surface area contributed by atoms with Crippen LogP contribution in [0.2, 0.25) is 0 Å². The fourth-order valence-electron chi connectivity index (χ4n) is 2.27. The molecule has 10 heteroatoms. The van der Waals surface area contributed by atoms with Crippen LogP contribution in [0.25, 0.3) is 0 Å². The summed E-state index contributed by atoms with van der Waals surface area (Å²) in [6.07, 6.45) is 0. The van der Waals surface area contributed by atoms with Crippen molar-refractivity contribution in [1.82, 2.24) is 4.31 Å². The second-order valence-electron chi connectivity index (χ2n) is 5.21. The van der Waals surface area contributed by atoms with E-state index in [2.05, 4.69) is 5.32 Å². The molecule has 0 atom stereocenters. The van der Waals surface area contributed by atoms with Crippen molar-refractivity contribution in [2.45, 2.75) is 5.09 Å². The van der Waals surface area contributed by atoms with Crippen molar-refractivity contribution < 1.29 is 31.1 Å². The number of halogens is 2. The smallest absolute Gasteiger partial charge is 0.291 e. The molecule has 0 saturated carbocycles. The highest BCUT2D eigenvalue weighted by molar-refractivity contribution is 7.89. The normalized spacial score (nSPS) is 15.9. The van der Waals surface area contributed by atoms with Gasteiger partial charge in [-0.25, -0.2) is 17.2 Å². The van der Waals surface area contributed by atoms with Crippen molar-refractivity contribution in [3.05, 3.63) is 47.7 Å². The van der Waals surface area contributed by atoms with E-state index in [4.69, 9.17) is 9.15 Å². The minimum atomic E-state index is -3.89. The first kappa shape index (κ1) is 17.5. The maximum atomic E-state index is 13.6. The minimum absolute atomic E-state index is 0.180. The van der Waals surface area contributed by atoms with Gasteiger partial charge in [0.25, 0.3) is 15.9 Å². The molecular weight excluding hydrogens is 358 g/mol. The highest BCUT2D eigenvalue weighted by Crippen LogP contribution is 2.21. The van der Waals surface area contributed by atoms with Crippen LogP contribution in [-0.4, -0.2) is 44.9 Å². The van der Waals surface area contributed by atoms with Gasteiger partial charge in [-0.15, -0.1) is 0 Å². The third-order valence-corrected chi connectivity index (χ3v) is 5.32. The zero-order valence-corrected chi connectivity index (χ0v) is 13.7. The van der Waals surface area contributed by atoms with Gasteiger partial charge in [-0.2, -0.15) is 4.31 Å². The van der Waals surface area contributed by atoms with Crippen LogP contribution in [0.1, 0.15) is 10.6 Å². The predicted molar refractivity (Wildman–Crippen MR) is 82.6 cm³/mol. The first-order chi connectivity index (χ1) is 11.9. The number of sulfonamides is 1. The van der Waals surface area contributed by atoms with Gasteiger partial charge in [-0.1, -0.05) is 0 Å². The molecule has 1 amide bonds.